The molecule has 5 nitrogen and oxygen atoms in total. The van der Waals surface area contributed by atoms with Crippen molar-refractivity contribution in [2.24, 2.45) is 4.99 Å². The summed E-state index contributed by atoms with van der Waals surface area (Å²) in [5.41, 5.74) is 0. The standard InChI is InChI=1S/C5H3N3O2/c9-4-6-5(10)8-3-1-2-7-8/h1-3H. The summed E-state index contributed by atoms with van der Waals surface area (Å²) in [5, 5.41) is 3.53. The van der Waals surface area contributed by atoms with Crippen molar-refractivity contribution in [3.8, 4) is 0 Å². The first-order valence-electron chi connectivity index (χ1n) is 2.46. The van der Waals surface area contributed by atoms with Gasteiger partial charge < -0.3 is 0 Å². The maximum Gasteiger partial charge on any atom is 0.379 e. The first kappa shape index (κ1) is 6.38. The molecule has 0 aromatic carbocycles. The summed E-state index contributed by atoms with van der Waals surface area (Å²) < 4.78 is 0.935. The van der Waals surface area contributed by atoms with Crippen LogP contribution in [-0.4, -0.2) is 21.9 Å². The number of amides is 1. The van der Waals surface area contributed by atoms with E-state index < -0.39 is 6.03 Å². The summed E-state index contributed by atoms with van der Waals surface area (Å²) in [5.74, 6) is 0. The first-order chi connectivity index (χ1) is 4.84. The van der Waals surface area contributed by atoms with Gasteiger partial charge in [0, 0.05) is 12.4 Å². The molecule has 0 N–H and O–H groups in total. The van der Waals surface area contributed by atoms with Crippen LogP contribution in [-0.2, 0) is 4.79 Å². The van der Waals surface area contributed by atoms with Gasteiger partial charge in [0.2, 0.25) is 6.08 Å². The maximum atomic E-state index is 10.6. The number of aromatic nitrogens is 2. The van der Waals surface area contributed by atoms with Crippen LogP contribution in [0.15, 0.2) is 23.5 Å². The first-order valence-corrected chi connectivity index (χ1v) is 2.46. The monoisotopic (exact) mass is 137 g/mol. The van der Waals surface area contributed by atoms with E-state index in [1.807, 2.05) is 0 Å². The number of rotatable bonds is 0. The minimum atomic E-state index is -0.736. The molecule has 0 bridgehead atoms. The van der Waals surface area contributed by atoms with E-state index in [-0.39, 0.29) is 0 Å². The minimum Gasteiger partial charge on any atom is -0.243 e. The highest BCUT2D eigenvalue weighted by Crippen LogP contribution is 1.85. The van der Waals surface area contributed by atoms with Crippen molar-refractivity contribution in [3.05, 3.63) is 18.5 Å². The second kappa shape index (κ2) is 2.70. The van der Waals surface area contributed by atoms with Crippen molar-refractivity contribution >= 4 is 12.1 Å². The molecule has 5 heteroatoms. The molecule has 0 radical (unpaired) electrons. The summed E-state index contributed by atoms with van der Waals surface area (Å²) in [6.07, 6.45) is 3.93. The molecule has 0 saturated heterocycles. The van der Waals surface area contributed by atoms with E-state index in [2.05, 4.69) is 10.1 Å². The van der Waals surface area contributed by atoms with Gasteiger partial charge in [0.15, 0.2) is 0 Å². The maximum absolute atomic E-state index is 10.6. The lowest BCUT2D eigenvalue weighted by Crippen LogP contribution is -2.05. The highest BCUT2D eigenvalue weighted by Gasteiger charge is 1.98. The molecule has 0 saturated carbocycles. The van der Waals surface area contributed by atoms with Gasteiger partial charge in [-0.25, -0.2) is 9.59 Å². The van der Waals surface area contributed by atoms with Crippen molar-refractivity contribution in [2.45, 2.75) is 0 Å². The van der Waals surface area contributed by atoms with Gasteiger partial charge in [-0.2, -0.15) is 9.78 Å². The summed E-state index contributed by atoms with van der Waals surface area (Å²) in [6.45, 7) is 0. The van der Waals surface area contributed by atoms with Gasteiger partial charge in [0.1, 0.15) is 0 Å². The molecular formula is C5H3N3O2. The van der Waals surface area contributed by atoms with E-state index in [4.69, 9.17) is 0 Å². The van der Waals surface area contributed by atoms with Crippen LogP contribution >= 0.6 is 0 Å². The Morgan fingerprint density at radius 3 is 3.00 bits per heavy atom. The molecule has 50 valence electrons. The fourth-order valence-corrected chi connectivity index (χ4v) is 0.472. The highest BCUT2D eigenvalue weighted by molar-refractivity contribution is 5.80. The SMILES string of the molecule is O=C=NC(=O)n1cccn1. The topological polar surface area (TPSA) is 64.3 Å². The average molecular weight is 137 g/mol. The Morgan fingerprint density at radius 2 is 2.50 bits per heavy atom. The van der Waals surface area contributed by atoms with Crippen LogP contribution in [0.3, 0.4) is 0 Å². The molecule has 0 fully saturated rings. The van der Waals surface area contributed by atoms with Crippen molar-refractivity contribution in [2.75, 3.05) is 0 Å². The molecule has 1 amide bonds. The third kappa shape index (κ3) is 1.15. The number of aliphatic imine (C=N–C) groups is 1. The Labute approximate surface area is 56.0 Å². The number of isocyanates is 1. The normalized spacial score (nSPS) is 8.40. The molecule has 10 heavy (non-hydrogen) atoms. The molecule has 1 rings (SSSR count). The van der Waals surface area contributed by atoms with Gasteiger partial charge >= 0.3 is 6.03 Å². The van der Waals surface area contributed by atoms with E-state index in [9.17, 15) is 9.59 Å². The predicted octanol–water partition coefficient (Wildman–Crippen LogP) is 0.187. The molecule has 1 heterocycles. The minimum absolute atomic E-state index is 0.736. The fraction of sp³-hybridized carbons (Fsp3) is 0. The summed E-state index contributed by atoms with van der Waals surface area (Å²) in [6, 6.07) is 0.818. The van der Waals surface area contributed by atoms with Crippen molar-refractivity contribution in [3.63, 3.8) is 0 Å². The van der Waals surface area contributed by atoms with E-state index in [1.165, 1.54) is 12.4 Å². The van der Waals surface area contributed by atoms with Crippen molar-refractivity contribution in [1.29, 1.82) is 0 Å². The van der Waals surface area contributed by atoms with Gasteiger partial charge in [-0.05, 0) is 6.07 Å². The molecule has 0 atom stereocenters. The second-order valence-corrected chi connectivity index (χ2v) is 1.44. The number of carbonyl (C=O) groups excluding carboxylic acids is 2. The molecular weight excluding hydrogens is 134 g/mol. The van der Waals surface area contributed by atoms with Crippen LogP contribution in [0.2, 0.25) is 0 Å². The largest absolute Gasteiger partial charge is 0.379 e. The van der Waals surface area contributed by atoms with Crippen LogP contribution in [0.1, 0.15) is 0 Å². The predicted molar refractivity (Wildman–Crippen MR) is 31.1 cm³/mol. The van der Waals surface area contributed by atoms with Crippen LogP contribution < -0.4 is 0 Å². The summed E-state index contributed by atoms with van der Waals surface area (Å²) in [4.78, 5) is 23.0. The van der Waals surface area contributed by atoms with Gasteiger partial charge in [0.05, 0.1) is 0 Å². The van der Waals surface area contributed by atoms with E-state index in [1.54, 1.807) is 6.07 Å². The Balaban J connectivity index is 2.87. The van der Waals surface area contributed by atoms with Crippen LogP contribution in [0.5, 0.6) is 0 Å². The molecule has 0 aliphatic heterocycles. The Bertz CT molecular complexity index is 271. The summed E-state index contributed by atoms with van der Waals surface area (Å²) >= 11 is 0. The van der Waals surface area contributed by atoms with Gasteiger partial charge in [-0.1, -0.05) is 0 Å². The molecule has 0 spiro atoms. The Kier molecular flexibility index (Phi) is 1.72. The number of hydrogen-bond donors (Lipinski definition) is 0. The van der Waals surface area contributed by atoms with Crippen molar-refractivity contribution in [1.82, 2.24) is 9.78 Å². The number of nitrogens with zero attached hydrogens (tertiary/aromatic N) is 3. The van der Waals surface area contributed by atoms with Crippen LogP contribution in [0, 0.1) is 0 Å². The molecule has 0 unspecified atom stereocenters. The highest BCUT2D eigenvalue weighted by atomic mass is 16.2. The van der Waals surface area contributed by atoms with Crippen LogP contribution in [0.25, 0.3) is 0 Å². The number of carbonyl (C=O) groups is 1. The lowest BCUT2D eigenvalue weighted by molar-refractivity contribution is 0.248. The number of hydrogen-bond acceptors (Lipinski definition) is 3. The molecule has 1 aromatic heterocycles. The third-order valence-corrected chi connectivity index (χ3v) is 0.842. The zero-order valence-corrected chi connectivity index (χ0v) is 4.89. The summed E-state index contributed by atoms with van der Waals surface area (Å²) in [7, 11) is 0. The third-order valence-electron chi connectivity index (χ3n) is 0.842. The zero-order chi connectivity index (χ0) is 7.40. The Hall–Kier alpha value is -1.74. The van der Waals surface area contributed by atoms with Gasteiger partial charge in [-0.3, -0.25) is 0 Å². The molecule has 1 aromatic rings. The lowest BCUT2D eigenvalue weighted by Gasteiger charge is -1.86. The van der Waals surface area contributed by atoms with Gasteiger partial charge in [-0.15, -0.1) is 4.99 Å². The van der Waals surface area contributed by atoms with Crippen molar-refractivity contribution < 1.29 is 9.59 Å². The Morgan fingerprint density at radius 1 is 1.70 bits per heavy atom. The average Bonchev–Trinajstić information content (AvgIpc) is 2.38. The molecule has 0 aliphatic rings. The van der Waals surface area contributed by atoms with E-state index in [0.717, 1.165) is 10.8 Å². The zero-order valence-electron chi connectivity index (χ0n) is 4.89. The lowest BCUT2D eigenvalue weighted by atomic mass is 10.7. The van der Waals surface area contributed by atoms with E-state index >= 15 is 0 Å². The van der Waals surface area contributed by atoms with Crippen LogP contribution in [0.4, 0.5) is 4.79 Å². The van der Waals surface area contributed by atoms with Gasteiger partial charge in [0.25, 0.3) is 0 Å². The second-order valence-electron chi connectivity index (χ2n) is 1.44. The smallest absolute Gasteiger partial charge is 0.243 e. The van der Waals surface area contributed by atoms with E-state index in [0.29, 0.717) is 0 Å². The fourth-order valence-electron chi connectivity index (χ4n) is 0.472. The quantitative estimate of drug-likeness (QED) is 0.378. The molecule has 0 aliphatic carbocycles.